The molecule has 4 aromatic heterocycles. The van der Waals surface area contributed by atoms with Crippen LogP contribution in [0, 0.1) is 0 Å². The zero-order valence-electron chi connectivity index (χ0n) is 12.1. The first-order chi connectivity index (χ1) is 11.3. The van der Waals surface area contributed by atoms with Crippen LogP contribution in [0.1, 0.15) is 10.7 Å². The normalized spacial score (nSPS) is 13.3. The molecule has 0 saturated heterocycles. The quantitative estimate of drug-likeness (QED) is 0.542. The average Bonchev–Trinajstić information content (AvgIpc) is 3.34. The van der Waals surface area contributed by atoms with Gasteiger partial charge >= 0.3 is 134 Å². The molecule has 116 valence electrons. The molecule has 0 fully saturated rings. The number of furan rings is 4. The van der Waals surface area contributed by atoms with Crippen LogP contribution in [0.5, 0.6) is 0 Å². The Bertz CT molecular complexity index is 745. The number of rotatable bonds is 5. The minimum atomic E-state index is -3.79. The monoisotopic (exact) mass is 372 g/mol. The van der Waals surface area contributed by atoms with Crippen LogP contribution in [0.4, 0.5) is 0 Å². The van der Waals surface area contributed by atoms with Gasteiger partial charge in [0.25, 0.3) is 0 Å². The second-order valence-corrected chi connectivity index (χ2v) is 12.8. The summed E-state index contributed by atoms with van der Waals surface area (Å²) in [5.41, 5.74) is 0. The van der Waals surface area contributed by atoms with Crippen molar-refractivity contribution in [1.82, 2.24) is 0 Å². The molecule has 6 heteroatoms. The molecule has 0 bridgehead atoms. The summed E-state index contributed by atoms with van der Waals surface area (Å²) in [4.78, 5) is -0.909. The zero-order valence-corrected chi connectivity index (χ0v) is 14.2. The van der Waals surface area contributed by atoms with E-state index < -0.39 is 18.2 Å². The second-order valence-electron chi connectivity index (χ2n) is 5.16. The Morgan fingerprint density at radius 2 is 1.09 bits per heavy atom. The van der Waals surface area contributed by atoms with Crippen LogP contribution in [-0.4, -0.2) is 18.4 Å². The molecule has 4 aromatic rings. The molecule has 1 atom stereocenters. The summed E-state index contributed by atoms with van der Waals surface area (Å²) in [5.74, 6) is 0.467. The molecule has 1 N–H and O–H groups in total. The van der Waals surface area contributed by atoms with Crippen molar-refractivity contribution in [3.05, 3.63) is 79.3 Å². The Labute approximate surface area is 134 Å². The molecular formula is C17H14GeO5. The van der Waals surface area contributed by atoms with Crippen LogP contribution in [0.25, 0.3) is 0 Å². The van der Waals surface area contributed by atoms with E-state index in [1.54, 1.807) is 49.1 Å². The number of hydrogen-bond acceptors (Lipinski definition) is 5. The summed E-state index contributed by atoms with van der Waals surface area (Å²) < 4.78 is 24.7. The van der Waals surface area contributed by atoms with Gasteiger partial charge in [0.2, 0.25) is 0 Å². The van der Waals surface area contributed by atoms with Crippen molar-refractivity contribution >= 4 is 27.0 Å². The van der Waals surface area contributed by atoms with Crippen LogP contribution in [0.2, 0.25) is 0 Å². The molecule has 0 spiro atoms. The van der Waals surface area contributed by atoms with Gasteiger partial charge in [0.05, 0.1) is 0 Å². The Morgan fingerprint density at radius 3 is 1.43 bits per heavy atom. The SMILES string of the molecule is O[CH](c1ccco1)[Ge]([c]1ccco1)([c]1ccco1)[c]1ccco1. The second kappa shape index (κ2) is 5.68. The summed E-state index contributed by atoms with van der Waals surface area (Å²) in [6.07, 6.45) is 6.32. The van der Waals surface area contributed by atoms with E-state index in [2.05, 4.69) is 0 Å². The van der Waals surface area contributed by atoms with Gasteiger partial charge in [-0.15, -0.1) is 0 Å². The van der Waals surface area contributed by atoms with Gasteiger partial charge in [-0.1, -0.05) is 0 Å². The topological polar surface area (TPSA) is 72.8 Å². The third kappa shape index (κ3) is 2.12. The fourth-order valence-electron chi connectivity index (χ4n) is 2.94. The molecule has 4 heterocycles. The van der Waals surface area contributed by atoms with Gasteiger partial charge in [0.1, 0.15) is 0 Å². The summed E-state index contributed by atoms with van der Waals surface area (Å²) >= 11 is -3.79. The van der Waals surface area contributed by atoms with Crippen molar-refractivity contribution in [3.63, 3.8) is 0 Å². The molecule has 0 aliphatic rings. The summed E-state index contributed by atoms with van der Waals surface area (Å²) in [6, 6.07) is 14.5. The Balaban J connectivity index is 2.02. The predicted octanol–water partition coefficient (Wildman–Crippen LogP) is 1.80. The molecule has 0 aliphatic heterocycles. The van der Waals surface area contributed by atoms with Gasteiger partial charge in [0.15, 0.2) is 0 Å². The van der Waals surface area contributed by atoms with E-state index in [1.807, 2.05) is 18.2 Å². The summed E-state index contributed by atoms with van der Waals surface area (Å²) in [6.45, 7) is 0. The maximum atomic E-state index is 11.2. The van der Waals surface area contributed by atoms with Crippen LogP contribution in [-0.2, 0) is 0 Å². The van der Waals surface area contributed by atoms with Crippen molar-refractivity contribution in [1.29, 1.82) is 0 Å². The standard InChI is InChI=1S/C17H14GeO5/c19-17(13-5-1-9-20-13)18(14-6-2-10-21-14,15-7-3-11-22-15)16-8-4-12-23-16/h1-12,17,19H. The summed E-state index contributed by atoms with van der Waals surface area (Å²) in [5, 5.41) is 11.2. The first-order valence-electron chi connectivity index (χ1n) is 7.17. The number of hydrogen-bond donors (Lipinski definition) is 1. The molecule has 4 rings (SSSR count). The van der Waals surface area contributed by atoms with Crippen LogP contribution in [0.15, 0.2) is 91.3 Å². The first-order valence-corrected chi connectivity index (χ1v) is 11.5. The minimum absolute atomic E-state index is 0.467. The average molecular weight is 371 g/mol. The predicted molar refractivity (Wildman–Crippen MR) is 84.4 cm³/mol. The van der Waals surface area contributed by atoms with Crippen molar-refractivity contribution < 1.29 is 22.8 Å². The van der Waals surface area contributed by atoms with E-state index in [9.17, 15) is 5.11 Å². The molecule has 0 amide bonds. The van der Waals surface area contributed by atoms with Crippen molar-refractivity contribution in [2.75, 3.05) is 0 Å². The molecule has 0 radical (unpaired) electrons. The fraction of sp³-hybridized carbons (Fsp3) is 0.0588. The number of aliphatic hydroxyl groups excluding tert-OH is 1. The van der Waals surface area contributed by atoms with E-state index in [0.29, 0.717) is 19.5 Å². The van der Waals surface area contributed by atoms with Gasteiger partial charge in [0, 0.05) is 0 Å². The van der Waals surface area contributed by atoms with E-state index in [0.717, 1.165) is 0 Å². The van der Waals surface area contributed by atoms with Crippen LogP contribution >= 0.6 is 0 Å². The molecule has 0 saturated carbocycles. The molecule has 0 aliphatic carbocycles. The van der Waals surface area contributed by atoms with Gasteiger partial charge in [-0.05, 0) is 0 Å². The third-order valence-electron chi connectivity index (χ3n) is 3.95. The molecule has 0 aromatic carbocycles. The van der Waals surface area contributed by atoms with Gasteiger partial charge in [-0.3, -0.25) is 0 Å². The molecule has 1 unspecified atom stereocenters. The number of aliphatic hydroxyl groups is 1. The van der Waals surface area contributed by atoms with E-state index >= 15 is 0 Å². The van der Waals surface area contributed by atoms with E-state index in [1.165, 1.54) is 6.26 Å². The van der Waals surface area contributed by atoms with Crippen LogP contribution in [0.3, 0.4) is 0 Å². The van der Waals surface area contributed by atoms with Crippen molar-refractivity contribution in [3.8, 4) is 0 Å². The molecule has 23 heavy (non-hydrogen) atoms. The maximum absolute atomic E-state index is 11.2. The fourth-order valence-corrected chi connectivity index (χ4v) is 11.3. The van der Waals surface area contributed by atoms with E-state index in [-0.39, 0.29) is 0 Å². The van der Waals surface area contributed by atoms with Gasteiger partial charge in [-0.25, -0.2) is 0 Å². The zero-order chi connectivity index (χ0) is 15.7. The molecular weight excluding hydrogens is 357 g/mol. The van der Waals surface area contributed by atoms with Gasteiger partial charge < -0.3 is 0 Å². The Hall–Kier alpha value is -2.38. The van der Waals surface area contributed by atoms with E-state index in [4.69, 9.17) is 17.7 Å². The third-order valence-corrected chi connectivity index (χ3v) is 13.0. The first kappa shape index (κ1) is 14.2. The summed E-state index contributed by atoms with van der Waals surface area (Å²) in [7, 11) is 0. The van der Waals surface area contributed by atoms with Gasteiger partial charge in [-0.2, -0.15) is 0 Å². The molecule has 5 nitrogen and oxygen atoms in total. The van der Waals surface area contributed by atoms with Crippen molar-refractivity contribution in [2.45, 2.75) is 4.94 Å². The Morgan fingerprint density at radius 1 is 0.652 bits per heavy atom. The Kier molecular flexibility index (Phi) is 3.51. The van der Waals surface area contributed by atoms with Crippen LogP contribution < -0.4 is 13.8 Å². The van der Waals surface area contributed by atoms with Crippen molar-refractivity contribution in [2.24, 2.45) is 0 Å².